The number of hydrogen-bond donors (Lipinski definition) is 1. The molecule has 2 amide bonds. The Bertz CT molecular complexity index is 1490. The zero-order valence-electron chi connectivity index (χ0n) is 24.3. The maximum absolute atomic E-state index is 14.3. The van der Waals surface area contributed by atoms with Crippen molar-refractivity contribution in [1.82, 2.24) is 10.2 Å². The van der Waals surface area contributed by atoms with E-state index in [0.717, 1.165) is 35.6 Å². The van der Waals surface area contributed by atoms with Crippen molar-refractivity contribution < 1.29 is 22.7 Å². The summed E-state index contributed by atoms with van der Waals surface area (Å²) in [6.45, 7) is 3.20. The fourth-order valence-corrected chi connectivity index (χ4v) is 6.90. The number of nitrogens with one attached hydrogen (secondary N) is 1. The quantitative estimate of drug-likeness (QED) is 0.283. The summed E-state index contributed by atoms with van der Waals surface area (Å²) in [5.41, 5.74) is 1.78. The first-order chi connectivity index (χ1) is 20.1. The van der Waals surface area contributed by atoms with Gasteiger partial charge in [0.15, 0.2) is 0 Å². The molecule has 0 aromatic heterocycles. The standard InChI is InChI=1S/C32H38ClN3O5S/c1-4-28(32(38)34-25-12-6-7-13-25)35(21-24-11-5-8-14-27(24)33)31(37)22-36(29-15-9-10-16-30(29)41-3)42(39,40)26-19-17-23(2)18-20-26/h5,8-11,14-20,25,28H,4,6-7,12-13,21-22H2,1-3H3,(H,34,38)/t28-/m0/s1. The van der Waals surface area contributed by atoms with Gasteiger partial charge in [-0.1, -0.05) is 79.4 Å². The monoisotopic (exact) mass is 611 g/mol. The van der Waals surface area contributed by atoms with E-state index in [1.165, 1.54) is 24.1 Å². The molecule has 4 rings (SSSR count). The highest BCUT2D eigenvalue weighted by Crippen LogP contribution is 2.33. The highest BCUT2D eigenvalue weighted by molar-refractivity contribution is 7.92. The van der Waals surface area contributed by atoms with Crippen LogP contribution in [-0.2, 0) is 26.2 Å². The van der Waals surface area contributed by atoms with E-state index in [4.69, 9.17) is 16.3 Å². The van der Waals surface area contributed by atoms with Gasteiger partial charge in [-0.25, -0.2) is 8.42 Å². The topological polar surface area (TPSA) is 96.0 Å². The molecule has 224 valence electrons. The molecule has 1 fully saturated rings. The number of anilines is 1. The Morgan fingerprint density at radius 1 is 1.00 bits per heavy atom. The van der Waals surface area contributed by atoms with Gasteiger partial charge < -0.3 is 15.0 Å². The van der Waals surface area contributed by atoms with Gasteiger partial charge in [0.05, 0.1) is 17.7 Å². The van der Waals surface area contributed by atoms with Crippen LogP contribution in [0.15, 0.2) is 77.7 Å². The van der Waals surface area contributed by atoms with Gasteiger partial charge in [0, 0.05) is 17.6 Å². The van der Waals surface area contributed by atoms with E-state index in [-0.39, 0.29) is 29.1 Å². The average molecular weight is 612 g/mol. The molecule has 42 heavy (non-hydrogen) atoms. The Morgan fingerprint density at radius 2 is 1.64 bits per heavy atom. The van der Waals surface area contributed by atoms with Crippen LogP contribution < -0.4 is 14.4 Å². The number of ether oxygens (including phenoxy) is 1. The minimum atomic E-state index is -4.21. The van der Waals surface area contributed by atoms with Crippen molar-refractivity contribution >= 4 is 39.1 Å². The van der Waals surface area contributed by atoms with Gasteiger partial charge >= 0.3 is 0 Å². The van der Waals surface area contributed by atoms with E-state index in [1.807, 2.05) is 19.9 Å². The van der Waals surface area contributed by atoms with E-state index >= 15 is 0 Å². The number of hydrogen-bond acceptors (Lipinski definition) is 5. The largest absolute Gasteiger partial charge is 0.495 e. The van der Waals surface area contributed by atoms with Crippen LogP contribution >= 0.6 is 11.6 Å². The molecule has 1 saturated carbocycles. The van der Waals surface area contributed by atoms with Crippen LogP contribution in [-0.4, -0.2) is 50.9 Å². The lowest BCUT2D eigenvalue weighted by molar-refractivity contribution is -0.140. The Balaban J connectivity index is 1.75. The SMILES string of the molecule is CC[C@@H](C(=O)NC1CCCC1)N(Cc1ccccc1Cl)C(=O)CN(c1ccccc1OC)S(=O)(=O)c1ccc(C)cc1. The number of carbonyl (C=O) groups excluding carboxylic acids is 2. The second-order valence-corrected chi connectivity index (χ2v) is 12.8. The minimum Gasteiger partial charge on any atom is -0.495 e. The van der Waals surface area contributed by atoms with Crippen LogP contribution in [0.5, 0.6) is 5.75 Å². The maximum Gasteiger partial charge on any atom is 0.264 e. The fourth-order valence-electron chi connectivity index (χ4n) is 5.28. The van der Waals surface area contributed by atoms with Crippen molar-refractivity contribution in [2.75, 3.05) is 18.0 Å². The molecule has 0 aliphatic heterocycles. The van der Waals surface area contributed by atoms with Gasteiger partial charge in [-0.2, -0.15) is 0 Å². The second kappa shape index (κ2) is 14.1. The van der Waals surface area contributed by atoms with Gasteiger partial charge in [-0.3, -0.25) is 13.9 Å². The lowest BCUT2D eigenvalue weighted by Crippen LogP contribution is -2.53. The van der Waals surface area contributed by atoms with Crippen molar-refractivity contribution in [3.05, 3.63) is 88.9 Å². The summed E-state index contributed by atoms with van der Waals surface area (Å²) < 4.78 is 34.7. The third-order valence-electron chi connectivity index (χ3n) is 7.63. The molecule has 3 aromatic rings. The predicted octanol–water partition coefficient (Wildman–Crippen LogP) is 5.72. The van der Waals surface area contributed by atoms with Crippen molar-refractivity contribution in [1.29, 1.82) is 0 Å². The number of rotatable bonds is 12. The van der Waals surface area contributed by atoms with Gasteiger partial charge in [0.1, 0.15) is 18.3 Å². The van der Waals surface area contributed by atoms with Crippen LogP contribution in [0.1, 0.15) is 50.2 Å². The van der Waals surface area contributed by atoms with Crippen molar-refractivity contribution in [2.24, 2.45) is 0 Å². The highest BCUT2D eigenvalue weighted by atomic mass is 35.5. The van der Waals surface area contributed by atoms with Crippen molar-refractivity contribution in [3.63, 3.8) is 0 Å². The molecule has 1 atom stereocenters. The van der Waals surface area contributed by atoms with Gasteiger partial charge in [-0.05, 0) is 62.1 Å². The van der Waals surface area contributed by atoms with Crippen LogP contribution in [0.25, 0.3) is 0 Å². The molecule has 3 aromatic carbocycles. The molecule has 0 heterocycles. The number of para-hydroxylation sites is 2. The number of sulfonamides is 1. The first-order valence-corrected chi connectivity index (χ1v) is 16.0. The molecule has 0 unspecified atom stereocenters. The number of amides is 2. The van der Waals surface area contributed by atoms with E-state index in [2.05, 4.69) is 5.32 Å². The molecule has 0 spiro atoms. The smallest absolute Gasteiger partial charge is 0.264 e. The summed E-state index contributed by atoms with van der Waals surface area (Å²) in [7, 11) is -2.76. The van der Waals surface area contributed by atoms with Crippen LogP contribution in [0.2, 0.25) is 5.02 Å². The summed E-state index contributed by atoms with van der Waals surface area (Å²) in [5.74, 6) is -0.496. The van der Waals surface area contributed by atoms with Gasteiger partial charge in [-0.15, -0.1) is 0 Å². The van der Waals surface area contributed by atoms with E-state index in [0.29, 0.717) is 22.8 Å². The zero-order valence-corrected chi connectivity index (χ0v) is 25.8. The normalized spacial score (nSPS) is 14.3. The molecular weight excluding hydrogens is 574 g/mol. The summed E-state index contributed by atoms with van der Waals surface area (Å²) in [4.78, 5) is 29.3. The molecule has 0 saturated heterocycles. The Kier molecular flexibility index (Phi) is 10.5. The number of benzene rings is 3. The van der Waals surface area contributed by atoms with Crippen LogP contribution in [0, 0.1) is 6.92 Å². The third-order valence-corrected chi connectivity index (χ3v) is 9.77. The maximum atomic E-state index is 14.3. The number of methoxy groups -OCH3 is 1. The first kappa shape index (κ1) is 31.4. The van der Waals surface area contributed by atoms with E-state index < -0.39 is 28.5 Å². The number of nitrogens with zero attached hydrogens (tertiary/aromatic N) is 2. The number of halogens is 1. The Hall–Kier alpha value is -3.56. The Labute approximate surface area is 253 Å². The first-order valence-electron chi connectivity index (χ1n) is 14.2. The summed E-state index contributed by atoms with van der Waals surface area (Å²) in [6.07, 6.45) is 4.24. The Morgan fingerprint density at radius 3 is 2.29 bits per heavy atom. The lowest BCUT2D eigenvalue weighted by Gasteiger charge is -2.34. The molecule has 0 bridgehead atoms. The summed E-state index contributed by atoms with van der Waals surface area (Å²) >= 11 is 6.48. The molecule has 1 aliphatic rings. The average Bonchev–Trinajstić information content (AvgIpc) is 3.49. The van der Waals surface area contributed by atoms with Gasteiger partial charge in [0.2, 0.25) is 11.8 Å². The lowest BCUT2D eigenvalue weighted by atomic mass is 10.1. The molecule has 0 radical (unpaired) electrons. The van der Waals surface area contributed by atoms with E-state index in [1.54, 1.807) is 54.6 Å². The zero-order chi connectivity index (χ0) is 30.3. The molecule has 1 N–H and O–H groups in total. The third kappa shape index (κ3) is 7.25. The van der Waals surface area contributed by atoms with Crippen molar-refractivity contribution in [2.45, 2.75) is 69.5 Å². The molecule has 10 heteroatoms. The fraction of sp³-hybridized carbons (Fsp3) is 0.375. The van der Waals surface area contributed by atoms with E-state index in [9.17, 15) is 18.0 Å². The summed E-state index contributed by atoms with van der Waals surface area (Å²) in [5, 5.41) is 3.57. The van der Waals surface area contributed by atoms with Crippen LogP contribution in [0.4, 0.5) is 5.69 Å². The van der Waals surface area contributed by atoms with Crippen molar-refractivity contribution in [3.8, 4) is 5.75 Å². The minimum absolute atomic E-state index is 0.0375. The predicted molar refractivity (Wildman–Crippen MR) is 165 cm³/mol. The highest BCUT2D eigenvalue weighted by Gasteiger charge is 2.35. The number of carbonyl (C=O) groups is 2. The molecular formula is C32H38ClN3O5S. The van der Waals surface area contributed by atoms with Gasteiger partial charge in [0.25, 0.3) is 10.0 Å². The molecule has 8 nitrogen and oxygen atoms in total. The second-order valence-electron chi connectivity index (χ2n) is 10.5. The van der Waals surface area contributed by atoms with Crippen LogP contribution in [0.3, 0.4) is 0 Å². The number of aryl methyl sites for hydroxylation is 1. The summed E-state index contributed by atoms with van der Waals surface area (Å²) in [6, 6.07) is 19.5. The molecule has 1 aliphatic carbocycles.